The fourth-order valence-corrected chi connectivity index (χ4v) is 7.19. The van der Waals surface area contributed by atoms with Gasteiger partial charge in [0.05, 0.1) is 6.42 Å². The summed E-state index contributed by atoms with van der Waals surface area (Å²) < 4.78 is 32.7. The Hall–Kier alpha value is -4.68. The lowest BCUT2D eigenvalue weighted by atomic mass is 9.96. The fraction of sp³-hybridized carbons (Fsp3) is 0.357. The van der Waals surface area contributed by atoms with Crippen molar-refractivity contribution < 1.29 is 37.8 Å². The maximum Gasteiger partial charge on any atom is 0.490 e. The Morgan fingerprint density at radius 1 is 0.759 bits per heavy atom. The zero-order valence-corrected chi connectivity index (χ0v) is 31.6. The van der Waals surface area contributed by atoms with Crippen LogP contribution >= 0.6 is 15.9 Å². The molecular formula is C42H45BrF3N3O5. The van der Waals surface area contributed by atoms with E-state index in [2.05, 4.69) is 45.1 Å². The van der Waals surface area contributed by atoms with Crippen LogP contribution in [0, 0.1) is 0 Å². The van der Waals surface area contributed by atoms with Gasteiger partial charge in [-0.05, 0) is 103 Å². The molecule has 0 bridgehead atoms. The molecule has 4 aromatic rings. The number of carbonyl (C=O) groups is 3. The largest absolute Gasteiger partial charge is 0.508 e. The van der Waals surface area contributed by atoms with Crippen molar-refractivity contribution in [2.75, 3.05) is 32.7 Å². The molecule has 0 unspecified atom stereocenters. The van der Waals surface area contributed by atoms with Gasteiger partial charge in [-0.1, -0.05) is 89.1 Å². The van der Waals surface area contributed by atoms with Gasteiger partial charge in [-0.3, -0.25) is 9.59 Å². The van der Waals surface area contributed by atoms with Crippen molar-refractivity contribution in [3.63, 3.8) is 0 Å². The minimum atomic E-state index is -5.08. The van der Waals surface area contributed by atoms with Crippen LogP contribution in [0.25, 0.3) is 11.1 Å². The van der Waals surface area contributed by atoms with E-state index in [9.17, 15) is 27.9 Å². The van der Waals surface area contributed by atoms with Gasteiger partial charge in [0, 0.05) is 42.3 Å². The Labute approximate surface area is 322 Å². The number of piperidine rings is 2. The number of likely N-dealkylation sites (tertiary alicyclic amines) is 2. The van der Waals surface area contributed by atoms with E-state index in [0.717, 1.165) is 63.8 Å². The first kappa shape index (κ1) is 40.5. The number of halogens is 4. The van der Waals surface area contributed by atoms with Gasteiger partial charge in [0.1, 0.15) is 5.75 Å². The standard InChI is InChI=1S/C40H44BrN3O3.C2HF3O2/c41-34-16-10-31(11-17-34)28-39(46)44(25-20-30-12-18-36(45)19-13-30)29-32-8-14-33(15-9-32)37-6-2-3-7-38(37)40(47)43-26-21-35(22-27-43)42-23-4-1-5-24-42;3-2(4,5)1(6)7/h2-3,6-19,35,45H,1,4-5,20-29H2;(H,6,7). The average Bonchev–Trinajstić information content (AvgIpc) is 3.18. The van der Waals surface area contributed by atoms with Gasteiger partial charge in [0.25, 0.3) is 5.91 Å². The molecule has 6 rings (SSSR count). The van der Waals surface area contributed by atoms with Crippen molar-refractivity contribution in [1.29, 1.82) is 0 Å². The topological polar surface area (TPSA) is 101 Å². The molecule has 0 saturated carbocycles. The van der Waals surface area contributed by atoms with E-state index in [1.807, 2.05) is 70.5 Å². The third kappa shape index (κ3) is 11.7. The van der Waals surface area contributed by atoms with E-state index in [1.54, 1.807) is 12.1 Å². The number of phenols is 1. The molecule has 54 heavy (non-hydrogen) atoms. The second-order valence-corrected chi connectivity index (χ2v) is 14.6. The van der Waals surface area contributed by atoms with E-state index in [0.29, 0.717) is 32.0 Å². The molecule has 0 aromatic heterocycles. The number of aliphatic carboxylic acids is 1. The smallest absolute Gasteiger partial charge is 0.490 e. The van der Waals surface area contributed by atoms with Gasteiger partial charge < -0.3 is 24.9 Å². The molecule has 0 radical (unpaired) electrons. The summed E-state index contributed by atoms with van der Waals surface area (Å²) in [5, 5.41) is 16.8. The summed E-state index contributed by atoms with van der Waals surface area (Å²) in [5.74, 6) is -2.35. The molecule has 4 aromatic carbocycles. The SMILES string of the molecule is O=C(Cc1ccc(Br)cc1)N(CCc1ccc(O)cc1)Cc1ccc(-c2ccccc2C(=O)N2CCC(N3CCCCC3)CC2)cc1.O=C(O)C(F)(F)F. The number of carbonyl (C=O) groups excluding carboxylic acids is 2. The molecule has 2 amide bonds. The van der Waals surface area contributed by atoms with Crippen molar-refractivity contribution in [2.45, 2.75) is 63.7 Å². The number of carboxylic acids is 1. The highest BCUT2D eigenvalue weighted by molar-refractivity contribution is 9.10. The van der Waals surface area contributed by atoms with Crippen LogP contribution in [0.5, 0.6) is 5.75 Å². The van der Waals surface area contributed by atoms with Crippen LogP contribution in [-0.4, -0.2) is 87.6 Å². The second kappa shape index (κ2) is 19.1. The number of hydrogen-bond donors (Lipinski definition) is 2. The first-order valence-corrected chi connectivity index (χ1v) is 19.0. The van der Waals surface area contributed by atoms with Crippen LogP contribution < -0.4 is 0 Å². The van der Waals surface area contributed by atoms with Gasteiger partial charge >= 0.3 is 12.1 Å². The molecule has 0 spiro atoms. The Morgan fingerprint density at radius 3 is 1.94 bits per heavy atom. The number of aromatic hydroxyl groups is 1. The summed E-state index contributed by atoms with van der Waals surface area (Å²) in [6.45, 7) is 5.07. The number of hydrogen-bond acceptors (Lipinski definition) is 5. The van der Waals surface area contributed by atoms with Crippen LogP contribution in [0.4, 0.5) is 13.2 Å². The molecule has 2 heterocycles. The van der Waals surface area contributed by atoms with E-state index < -0.39 is 12.1 Å². The predicted molar refractivity (Wildman–Crippen MR) is 205 cm³/mol. The van der Waals surface area contributed by atoms with Crippen LogP contribution in [0.1, 0.15) is 59.2 Å². The molecule has 2 saturated heterocycles. The Kier molecular flexibility index (Phi) is 14.3. The van der Waals surface area contributed by atoms with Crippen molar-refractivity contribution in [3.8, 4) is 16.9 Å². The van der Waals surface area contributed by atoms with Gasteiger partial charge in [-0.2, -0.15) is 13.2 Å². The Bertz CT molecular complexity index is 1840. The number of alkyl halides is 3. The molecule has 2 aliphatic rings. The summed E-state index contributed by atoms with van der Waals surface area (Å²) in [4.78, 5) is 42.9. The van der Waals surface area contributed by atoms with E-state index in [4.69, 9.17) is 9.90 Å². The van der Waals surface area contributed by atoms with E-state index in [-0.39, 0.29) is 17.6 Å². The fourth-order valence-electron chi connectivity index (χ4n) is 6.93. The lowest BCUT2D eigenvalue weighted by Gasteiger charge is -2.40. The number of rotatable bonds is 10. The molecule has 2 fully saturated rings. The molecule has 0 atom stereocenters. The highest BCUT2D eigenvalue weighted by Crippen LogP contribution is 2.28. The van der Waals surface area contributed by atoms with Crippen LogP contribution in [0.15, 0.2) is 102 Å². The van der Waals surface area contributed by atoms with Gasteiger partial charge in [-0.25, -0.2) is 4.79 Å². The lowest BCUT2D eigenvalue weighted by Crippen LogP contribution is -2.48. The summed E-state index contributed by atoms with van der Waals surface area (Å²) in [7, 11) is 0. The number of benzene rings is 4. The minimum absolute atomic E-state index is 0.0650. The van der Waals surface area contributed by atoms with Crippen LogP contribution in [0.2, 0.25) is 0 Å². The maximum absolute atomic E-state index is 13.8. The summed E-state index contributed by atoms with van der Waals surface area (Å²) >= 11 is 3.48. The maximum atomic E-state index is 13.8. The second-order valence-electron chi connectivity index (χ2n) is 13.7. The summed E-state index contributed by atoms with van der Waals surface area (Å²) in [6.07, 6.45) is 1.96. The zero-order chi connectivity index (χ0) is 38.7. The first-order valence-electron chi connectivity index (χ1n) is 18.2. The molecule has 8 nitrogen and oxygen atoms in total. The molecule has 286 valence electrons. The van der Waals surface area contributed by atoms with E-state index >= 15 is 0 Å². The molecule has 2 aliphatic heterocycles. The lowest BCUT2D eigenvalue weighted by molar-refractivity contribution is -0.192. The molecule has 12 heteroatoms. The minimum Gasteiger partial charge on any atom is -0.508 e. The summed E-state index contributed by atoms with van der Waals surface area (Å²) in [5.41, 5.74) is 5.76. The monoisotopic (exact) mass is 807 g/mol. The normalized spacial score (nSPS) is 15.2. The molecule has 0 aliphatic carbocycles. The highest BCUT2D eigenvalue weighted by Gasteiger charge is 2.38. The number of phenolic OH excluding ortho intramolecular Hbond substituents is 1. The number of amides is 2. The van der Waals surface area contributed by atoms with Crippen LogP contribution in [0.3, 0.4) is 0 Å². The van der Waals surface area contributed by atoms with Crippen molar-refractivity contribution in [1.82, 2.24) is 14.7 Å². The van der Waals surface area contributed by atoms with Crippen molar-refractivity contribution >= 4 is 33.7 Å². The first-order chi connectivity index (χ1) is 25.9. The average molecular weight is 809 g/mol. The highest BCUT2D eigenvalue weighted by atomic mass is 79.9. The molecule has 2 N–H and O–H groups in total. The zero-order valence-electron chi connectivity index (χ0n) is 30.0. The Balaban J connectivity index is 0.000000730. The molecular weight excluding hydrogens is 763 g/mol. The predicted octanol–water partition coefficient (Wildman–Crippen LogP) is 8.36. The van der Waals surface area contributed by atoms with Crippen molar-refractivity contribution in [3.05, 3.63) is 124 Å². The van der Waals surface area contributed by atoms with Crippen molar-refractivity contribution in [2.24, 2.45) is 0 Å². The van der Waals surface area contributed by atoms with E-state index in [1.165, 1.54) is 32.4 Å². The van der Waals surface area contributed by atoms with Crippen LogP contribution in [-0.2, 0) is 29.0 Å². The third-order valence-corrected chi connectivity index (χ3v) is 10.5. The summed E-state index contributed by atoms with van der Waals surface area (Å²) in [6, 6.07) is 31.9. The third-order valence-electron chi connectivity index (χ3n) is 9.93. The van der Waals surface area contributed by atoms with Gasteiger partial charge in [0.2, 0.25) is 5.91 Å². The number of nitrogens with zero attached hydrogens (tertiary/aromatic N) is 3. The quantitative estimate of drug-likeness (QED) is 0.167. The number of carboxylic acid groups (broad SMARTS) is 1. The van der Waals surface area contributed by atoms with Gasteiger partial charge in [0.15, 0.2) is 0 Å². The Morgan fingerprint density at radius 2 is 1.33 bits per heavy atom. The van der Waals surface area contributed by atoms with Gasteiger partial charge in [-0.15, -0.1) is 0 Å².